The van der Waals surface area contributed by atoms with Crippen LogP contribution in [0.25, 0.3) is 0 Å². The van der Waals surface area contributed by atoms with Crippen LogP contribution in [0.4, 0.5) is 5.69 Å². The minimum atomic E-state index is -0.0513. The molecule has 1 aliphatic rings. The van der Waals surface area contributed by atoms with Gasteiger partial charge in [0, 0.05) is 17.0 Å². The van der Waals surface area contributed by atoms with E-state index in [1.54, 1.807) is 37.1 Å². The van der Waals surface area contributed by atoms with E-state index in [9.17, 15) is 4.79 Å². The second-order valence-corrected chi connectivity index (χ2v) is 7.23. The maximum Gasteiger partial charge on any atom is 0.182 e. The molecule has 0 aromatic heterocycles. The second-order valence-electron chi connectivity index (χ2n) is 5.35. The number of rotatable bonds is 5. The van der Waals surface area contributed by atoms with Crippen molar-refractivity contribution in [2.24, 2.45) is 4.99 Å². The zero-order chi connectivity index (χ0) is 17.8. The largest absolute Gasteiger partial charge is 0.497 e. The molecule has 2 aromatic carbocycles. The summed E-state index contributed by atoms with van der Waals surface area (Å²) in [6.07, 6.45) is 0. The Hall–Kier alpha value is -1.69. The standard InChI is InChI=1S/C18H16Cl2N2O2S/c1-24-14-5-3-13(4-6-14)22(18-21-8-9-25-18)11-17(23)12-2-7-15(19)16(20)10-12/h2-7,10H,8-9,11H2,1H3. The number of halogens is 2. The SMILES string of the molecule is COc1ccc(N(CC(=O)c2ccc(Cl)c(Cl)c2)C2=NCCS2)cc1. The van der Waals surface area contributed by atoms with Gasteiger partial charge >= 0.3 is 0 Å². The van der Waals surface area contributed by atoms with Crippen molar-refractivity contribution in [3.8, 4) is 5.75 Å². The zero-order valence-electron chi connectivity index (χ0n) is 13.5. The van der Waals surface area contributed by atoms with Crippen molar-refractivity contribution in [3.05, 3.63) is 58.1 Å². The van der Waals surface area contributed by atoms with Crippen LogP contribution < -0.4 is 9.64 Å². The number of carbonyl (C=O) groups excluding carboxylic acids is 1. The molecule has 0 radical (unpaired) electrons. The van der Waals surface area contributed by atoms with Crippen molar-refractivity contribution in [2.45, 2.75) is 0 Å². The molecule has 0 spiro atoms. The number of thioether (sulfide) groups is 1. The minimum absolute atomic E-state index is 0.0513. The smallest absolute Gasteiger partial charge is 0.182 e. The molecule has 1 heterocycles. The first-order chi connectivity index (χ1) is 12.1. The van der Waals surface area contributed by atoms with E-state index in [4.69, 9.17) is 27.9 Å². The van der Waals surface area contributed by atoms with Crippen LogP contribution in [0.15, 0.2) is 47.5 Å². The highest BCUT2D eigenvalue weighted by molar-refractivity contribution is 8.14. The molecular formula is C18H16Cl2N2O2S. The third-order valence-electron chi connectivity index (χ3n) is 3.73. The molecule has 1 aliphatic heterocycles. The third-order valence-corrected chi connectivity index (χ3v) is 5.46. The number of ether oxygens (including phenoxy) is 1. The highest BCUT2D eigenvalue weighted by Gasteiger charge is 2.21. The highest BCUT2D eigenvalue weighted by atomic mass is 35.5. The molecule has 25 heavy (non-hydrogen) atoms. The summed E-state index contributed by atoms with van der Waals surface area (Å²) < 4.78 is 5.20. The second kappa shape index (κ2) is 8.13. The molecule has 0 N–H and O–H groups in total. The van der Waals surface area contributed by atoms with E-state index in [0.717, 1.165) is 28.9 Å². The lowest BCUT2D eigenvalue weighted by Crippen LogP contribution is -2.33. The van der Waals surface area contributed by atoms with E-state index < -0.39 is 0 Å². The molecule has 0 amide bonds. The lowest BCUT2D eigenvalue weighted by molar-refractivity contribution is 0.100. The molecule has 0 atom stereocenters. The molecule has 2 aromatic rings. The summed E-state index contributed by atoms with van der Waals surface area (Å²) >= 11 is 13.6. The number of hydrogen-bond donors (Lipinski definition) is 0. The van der Waals surface area contributed by atoms with Gasteiger partial charge in [-0.25, -0.2) is 0 Å². The van der Waals surface area contributed by atoms with Crippen LogP contribution in [0.3, 0.4) is 0 Å². The fourth-order valence-electron chi connectivity index (χ4n) is 2.42. The van der Waals surface area contributed by atoms with E-state index in [1.165, 1.54) is 0 Å². The summed E-state index contributed by atoms with van der Waals surface area (Å²) in [6, 6.07) is 12.5. The number of carbonyl (C=O) groups is 1. The van der Waals surface area contributed by atoms with Crippen LogP contribution in [0, 0.1) is 0 Å². The van der Waals surface area contributed by atoms with Crippen molar-refractivity contribution in [1.82, 2.24) is 0 Å². The van der Waals surface area contributed by atoms with Crippen LogP contribution in [0.1, 0.15) is 10.4 Å². The van der Waals surface area contributed by atoms with E-state index in [1.807, 2.05) is 29.2 Å². The van der Waals surface area contributed by atoms with E-state index in [2.05, 4.69) is 4.99 Å². The topological polar surface area (TPSA) is 41.9 Å². The Labute approximate surface area is 160 Å². The fraction of sp³-hybridized carbons (Fsp3) is 0.222. The number of Topliss-reactive ketones (excluding diaryl/α,β-unsaturated/α-hetero) is 1. The predicted octanol–water partition coefficient (Wildman–Crippen LogP) is 4.79. The Bertz CT molecular complexity index is 809. The average molecular weight is 395 g/mol. The third kappa shape index (κ3) is 4.29. The van der Waals surface area contributed by atoms with Crippen molar-refractivity contribution in [2.75, 3.05) is 30.9 Å². The minimum Gasteiger partial charge on any atom is -0.497 e. The van der Waals surface area contributed by atoms with Gasteiger partial charge in [-0.1, -0.05) is 35.0 Å². The lowest BCUT2D eigenvalue weighted by Gasteiger charge is -2.23. The van der Waals surface area contributed by atoms with Gasteiger partial charge in [-0.2, -0.15) is 0 Å². The number of nitrogens with zero attached hydrogens (tertiary/aromatic N) is 2. The molecular weight excluding hydrogens is 379 g/mol. The number of hydrogen-bond acceptors (Lipinski definition) is 5. The Morgan fingerprint density at radius 1 is 1.20 bits per heavy atom. The van der Waals surface area contributed by atoms with Gasteiger partial charge in [0.2, 0.25) is 0 Å². The zero-order valence-corrected chi connectivity index (χ0v) is 15.9. The molecule has 0 saturated carbocycles. The summed E-state index contributed by atoms with van der Waals surface area (Å²) in [5.41, 5.74) is 1.42. The van der Waals surface area contributed by atoms with Gasteiger partial charge in [0.15, 0.2) is 11.0 Å². The number of methoxy groups -OCH3 is 1. The van der Waals surface area contributed by atoms with Crippen LogP contribution in [0.5, 0.6) is 5.75 Å². The molecule has 0 saturated heterocycles. The summed E-state index contributed by atoms with van der Waals surface area (Å²) in [5.74, 6) is 1.63. The van der Waals surface area contributed by atoms with Crippen LogP contribution in [0.2, 0.25) is 10.0 Å². The first kappa shape index (κ1) is 18.1. The van der Waals surface area contributed by atoms with Crippen LogP contribution in [-0.4, -0.2) is 36.9 Å². The quantitative estimate of drug-likeness (QED) is 0.683. The van der Waals surface area contributed by atoms with Gasteiger partial charge in [-0.05, 0) is 42.5 Å². The van der Waals surface area contributed by atoms with Crippen molar-refractivity contribution >= 4 is 51.6 Å². The molecule has 130 valence electrons. The summed E-state index contributed by atoms with van der Waals surface area (Å²) in [4.78, 5) is 19.2. The molecule has 3 rings (SSSR count). The highest BCUT2D eigenvalue weighted by Crippen LogP contribution is 2.27. The molecule has 0 bridgehead atoms. The molecule has 7 heteroatoms. The number of aliphatic imine (C=N–C) groups is 1. The van der Waals surface area contributed by atoms with E-state index >= 15 is 0 Å². The first-order valence-electron chi connectivity index (χ1n) is 7.65. The number of anilines is 1. The monoisotopic (exact) mass is 394 g/mol. The maximum atomic E-state index is 12.7. The molecule has 0 aliphatic carbocycles. The van der Waals surface area contributed by atoms with Crippen LogP contribution in [-0.2, 0) is 0 Å². The summed E-state index contributed by atoms with van der Waals surface area (Å²) in [5, 5.41) is 1.65. The number of benzene rings is 2. The predicted molar refractivity (Wildman–Crippen MR) is 106 cm³/mol. The van der Waals surface area contributed by atoms with Crippen LogP contribution >= 0.6 is 35.0 Å². The number of ketones is 1. The maximum absolute atomic E-state index is 12.7. The van der Waals surface area contributed by atoms with Gasteiger partial charge in [0.1, 0.15) is 5.75 Å². The molecule has 0 fully saturated rings. The van der Waals surface area contributed by atoms with Crippen molar-refractivity contribution < 1.29 is 9.53 Å². The Morgan fingerprint density at radius 2 is 1.96 bits per heavy atom. The van der Waals surface area contributed by atoms with Gasteiger partial charge in [-0.15, -0.1) is 0 Å². The molecule has 4 nitrogen and oxygen atoms in total. The van der Waals surface area contributed by atoms with Gasteiger partial charge in [0.05, 0.1) is 30.2 Å². The number of amidine groups is 1. The van der Waals surface area contributed by atoms with Gasteiger partial charge in [-0.3, -0.25) is 9.79 Å². The van der Waals surface area contributed by atoms with E-state index in [0.29, 0.717) is 15.6 Å². The molecule has 0 unspecified atom stereocenters. The van der Waals surface area contributed by atoms with Gasteiger partial charge < -0.3 is 9.64 Å². The fourth-order valence-corrected chi connectivity index (χ4v) is 3.59. The van der Waals surface area contributed by atoms with Crippen molar-refractivity contribution in [1.29, 1.82) is 0 Å². The summed E-state index contributed by atoms with van der Waals surface area (Å²) in [6.45, 7) is 0.934. The first-order valence-corrected chi connectivity index (χ1v) is 9.40. The average Bonchev–Trinajstić information content (AvgIpc) is 3.16. The Balaban J connectivity index is 1.86. The summed E-state index contributed by atoms with van der Waals surface area (Å²) in [7, 11) is 1.62. The Kier molecular flexibility index (Phi) is 5.89. The van der Waals surface area contributed by atoms with Gasteiger partial charge in [0.25, 0.3) is 0 Å². The normalized spacial score (nSPS) is 13.5. The lowest BCUT2D eigenvalue weighted by atomic mass is 10.1. The Morgan fingerprint density at radius 3 is 2.56 bits per heavy atom. The van der Waals surface area contributed by atoms with E-state index in [-0.39, 0.29) is 12.3 Å². The van der Waals surface area contributed by atoms with Crippen molar-refractivity contribution in [3.63, 3.8) is 0 Å².